The van der Waals surface area contributed by atoms with E-state index in [1.165, 1.54) is 199 Å². The van der Waals surface area contributed by atoms with Crippen molar-refractivity contribution in [3.8, 4) is 0 Å². The van der Waals surface area contributed by atoms with Gasteiger partial charge in [-0.2, -0.15) is 0 Å². The summed E-state index contributed by atoms with van der Waals surface area (Å²) in [6.45, 7) is 16.7. The minimum absolute atomic E-state index is 0.0759. The van der Waals surface area contributed by atoms with Crippen molar-refractivity contribution >= 4 is 5.97 Å². The highest BCUT2D eigenvalue weighted by atomic mass is 16.6. The smallest absolute Gasteiger partial charge is 0.307 e. The first kappa shape index (κ1) is 50.3. The van der Waals surface area contributed by atoms with Gasteiger partial charge in [0.05, 0.1) is 6.42 Å². The maximum Gasteiger partial charge on any atom is 0.307 e. The van der Waals surface area contributed by atoms with Crippen LogP contribution in [0.1, 0.15) is 220 Å². The van der Waals surface area contributed by atoms with Crippen LogP contribution in [0.3, 0.4) is 0 Å². The van der Waals surface area contributed by atoms with E-state index in [0.29, 0.717) is 6.42 Å². The van der Waals surface area contributed by atoms with Crippen LogP contribution in [-0.2, 0) is 14.3 Å². The fourth-order valence-corrected chi connectivity index (χ4v) is 6.85. The van der Waals surface area contributed by atoms with Gasteiger partial charge in [-0.3, -0.25) is 4.79 Å². The average molecular weight is 724 g/mol. The summed E-state index contributed by atoms with van der Waals surface area (Å²) in [6.07, 6.45) is 42.1. The van der Waals surface area contributed by atoms with Crippen LogP contribution in [-0.4, -0.2) is 76.0 Å². The van der Waals surface area contributed by atoms with Crippen molar-refractivity contribution in [3.63, 3.8) is 0 Å². The second-order valence-electron chi connectivity index (χ2n) is 16.5. The van der Waals surface area contributed by atoms with Crippen molar-refractivity contribution in [1.82, 2.24) is 15.5 Å². The third kappa shape index (κ3) is 43.6. The molecule has 0 amide bonds. The molecule has 0 aromatic carbocycles. The van der Waals surface area contributed by atoms with Crippen LogP contribution in [0.25, 0.3) is 0 Å². The van der Waals surface area contributed by atoms with Gasteiger partial charge < -0.3 is 25.0 Å². The molecule has 2 N–H and O–H groups in total. The summed E-state index contributed by atoms with van der Waals surface area (Å²) < 4.78 is 10.3. The van der Waals surface area contributed by atoms with Gasteiger partial charge in [0.15, 0.2) is 0 Å². The molecule has 3 aliphatic carbocycles. The van der Waals surface area contributed by atoms with Gasteiger partial charge in [-0.15, -0.1) is 0 Å². The van der Waals surface area contributed by atoms with Gasteiger partial charge in [0.1, 0.15) is 5.60 Å². The van der Waals surface area contributed by atoms with E-state index < -0.39 is 0 Å². The second-order valence-corrected chi connectivity index (χ2v) is 16.5. The Kier molecular flexibility index (Phi) is 39.9. The number of carbonyl (C=O) groups is 1. The average Bonchev–Trinajstić information content (AvgIpc) is 3.64. The van der Waals surface area contributed by atoms with Crippen LogP contribution in [0.5, 0.6) is 0 Å². The Balaban J connectivity index is 0.000000598. The molecular formula is C45H93N3O3. The van der Waals surface area contributed by atoms with Crippen LogP contribution < -0.4 is 10.6 Å². The quantitative estimate of drug-likeness (QED) is 0.162. The Bertz CT molecular complexity index is 568. The predicted molar refractivity (Wildman–Crippen MR) is 224 cm³/mol. The zero-order chi connectivity index (χ0) is 37.4. The van der Waals surface area contributed by atoms with Gasteiger partial charge in [-0.05, 0) is 112 Å². The number of ether oxygens (including phenoxy) is 2. The molecule has 3 saturated heterocycles. The van der Waals surface area contributed by atoms with Gasteiger partial charge in [0, 0.05) is 19.8 Å². The van der Waals surface area contributed by atoms with Gasteiger partial charge >= 0.3 is 5.97 Å². The normalized spacial score (nSPS) is 20.7. The van der Waals surface area contributed by atoms with E-state index in [4.69, 9.17) is 9.47 Å². The zero-order valence-electron chi connectivity index (χ0n) is 35.5. The fraction of sp³-hybridized carbons (Fsp3) is 0.978. The van der Waals surface area contributed by atoms with Gasteiger partial charge in [-0.25, -0.2) is 0 Å². The van der Waals surface area contributed by atoms with Gasteiger partial charge in [0.25, 0.3) is 0 Å². The Morgan fingerprint density at radius 1 is 0.608 bits per heavy atom. The molecule has 0 aromatic heterocycles. The Hall–Kier alpha value is -0.690. The van der Waals surface area contributed by atoms with E-state index in [0.717, 1.165) is 39.4 Å². The minimum Gasteiger partial charge on any atom is -0.460 e. The van der Waals surface area contributed by atoms with Crippen molar-refractivity contribution < 1.29 is 14.3 Å². The second kappa shape index (κ2) is 40.5. The molecule has 6 rings (SSSR count). The lowest BCUT2D eigenvalue weighted by Gasteiger charge is -2.26. The summed E-state index contributed by atoms with van der Waals surface area (Å²) in [7, 11) is 1.98. The number of rotatable bonds is 6. The molecule has 3 aliphatic heterocycles. The number of unbranched alkanes of at least 4 members (excludes halogenated alkanes) is 1. The molecule has 0 spiro atoms. The largest absolute Gasteiger partial charge is 0.460 e. The van der Waals surface area contributed by atoms with Crippen molar-refractivity contribution in [2.24, 2.45) is 0 Å². The summed E-state index contributed by atoms with van der Waals surface area (Å²) in [4.78, 5) is 13.8. The maximum atomic E-state index is 11.5. The number of carbonyl (C=O) groups excluding carboxylic acids is 1. The summed E-state index contributed by atoms with van der Waals surface area (Å²) in [5.41, 5.74) is -0.348. The van der Waals surface area contributed by atoms with Crippen molar-refractivity contribution in [1.29, 1.82) is 0 Å². The lowest BCUT2D eigenvalue weighted by atomic mass is 10.0. The molecule has 3 heterocycles. The van der Waals surface area contributed by atoms with Crippen molar-refractivity contribution in [3.05, 3.63) is 0 Å². The standard InChI is InChI=1S/C12H23NO2.C7H14.C6H12.C5H11N.C5H13N.C5H10O.C5H10/c1-12(2,3)15-11(14)7-10-13-8-5-4-6-9-13;1-2-4-6-7-5-3-1;2*1-2-4-6-5-3-1;1-3-4-5-6-2;1-2-4-6-5-3-1;1-2-4-5-3-1/h4-10H2,1-3H3;1-7H2;1-6H2;6H,1-5H2;6H,3-5H2,1-2H3;1-5H2;1-5H2. The Labute approximate surface area is 320 Å². The molecule has 6 fully saturated rings. The lowest BCUT2D eigenvalue weighted by molar-refractivity contribution is -0.155. The summed E-state index contributed by atoms with van der Waals surface area (Å²) in [5, 5.41) is 6.35. The highest BCUT2D eigenvalue weighted by Crippen LogP contribution is 2.17. The highest BCUT2D eigenvalue weighted by molar-refractivity contribution is 5.70. The molecule has 0 radical (unpaired) electrons. The monoisotopic (exact) mass is 724 g/mol. The number of nitrogens with one attached hydrogen (secondary N) is 2. The third-order valence-corrected chi connectivity index (χ3v) is 10.1. The van der Waals surface area contributed by atoms with E-state index in [9.17, 15) is 4.79 Å². The molecule has 6 heteroatoms. The van der Waals surface area contributed by atoms with E-state index in [2.05, 4.69) is 22.5 Å². The minimum atomic E-state index is -0.348. The van der Waals surface area contributed by atoms with Crippen LogP contribution in [0.15, 0.2) is 0 Å². The van der Waals surface area contributed by atoms with Crippen LogP contribution in [0.2, 0.25) is 0 Å². The first-order valence-electron chi connectivity index (χ1n) is 22.8. The number of esters is 1. The molecule has 51 heavy (non-hydrogen) atoms. The zero-order valence-corrected chi connectivity index (χ0v) is 35.5. The van der Waals surface area contributed by atoms with E-state index in [-0.39, 0.29) is 11.6 Å². The number of nitrogens with zero attached hydrogens (tertiary/aromatic N) is 1. The molecule has 0 aromatic rings. The van der Waals surface area contributed by atoms with E-state index in [1.54, 1.807) is 0 Å². The van der Waals surface area contributed by atoms with Crippen molar-refractivity contribution in [2.45, 2.75) is 226 Å². The summed E-state index contributed by atoms with van der Waals surface area (Å²) >= 11 is 0. The Morgan fingerprint density at radius 2 is 0.980 bits per heavy atom. The molecule has 6 nitrogen and oxygen atoms in total. The lowest BCUT2D eigenvalue weighted by Crippen LogP contribution is -2.33. The highest BCUT2D eigenvalue weighted by Gasteiger charge is 2.17. The Morgan fingerprint density at radius 3 is 1.22 bits per heavy atom. The maximum absolute atomic E-state index is 11.5. The molecule has 0 unspecified atom stereocenters. The first-order chi connectivity index (χ1) is 24.9. The fourth-order valence-electron chi connectivity index (χ4n) is 6.85. The topological polar surface area (TPSA) is 62.8 Å². The summed E-state index contributed by atoms with van der Waals surface area (Å²) in [6, 6.07) is 0. The number of hydrogen-bond donors (Lipinski definition) is 2. The summed E-state index contributed by atoms with van der Waals surface area (Å²) in [5.74, 6) is -0.0759. The third-order valence-electron chi connectivity index (χ3n) is 10.1. The van der Waals surface area contributed by atoms with Crippen molar-refractivity contribution in [2.75, 3.05) is 59.5 Å². The number of piperidine rings is 2. The number of likely N-dealkylation sites (tertiary alicyclic amines) is 1. The van der Waals surface area contributed by atoms with Crippen LogP contribution >= 0.6 is 0 Å². The molecule has 6 aliphatic rings. The predicted octanol–water partition coefficient (Wildman–Crippen LogP) is 12.2. The van der Waals surface area contributed by atoms with E-state index in [1.807, 2.05) is 27.8 Å². The number of hydrogen-bond acceptors (Lipinski definition) is 6. The first-order valence-corrected chi connectivity index (χ1v) is 22.8. The van der Waals surface area contributed by atoms with Crippen LogP contribution in [0.4, 0.5) is 0 Å². The SMILES string of the molecule is C1CCCC1.C1CCCCC1.C1CCCCCC1.C1CCNCC1.C1CCOCC1.CC(C)(C)OC(=O)CCN1CCCCC1.CCCCNC. The van der Waals surface area contributed by atoms with Gasteiger partial charge in [-0.1, -0.05) is 142 Å². The molecule has 306 valence electrons. The van der Waals surface area contributed by atoms with E-state index >= 15 is 0 Å². The molecule has 0 atom stereocenters. The molecular weight excluding hydrogens is 631 g/mol. The van der Waals surface area contributed by atoms with Gasteiger partial charge in [0.2, 0.25) is 0 Å². The van der Waals surface area contributed by atoms with Crippen LogP contribution in [0, 0.1) is 0 Å². The molecule has 3 saturated carbocycles. The molecule has 0 bridgehead atoms.